The van der Waals surface area contributed by atoms with Crippen molar-refractivity contribution < 1.29 is 14.6 Å². The van der Waals surface area contributed by atoms with E-state index < -0.39 is 18.1 Å². The molecule has 0 fully saturated rings. The molecule has 3 aromatic rings. The predicted molar refractivity (Wildman–Crippen MR) is 95.8 cm³/mol. The van der Waals surface area contributed by atoms with Crippen LogP contribution in [0, 0.1) is 11.3 Å². The Morgan fingerprint density at radius 1 is 1.08 bits per heavy atom. The molecule has 6 nitrogen and oxygen atoms in total. The lowest BCUT2D eigenvalue weighted by atomic mass is 9.99. The number of carbonyl (C=O) groups is 1. The van der Waals surface area contributed by atoms with Crippen molar-refractivity contribution >= 4 is 5.97 Å². The van der Waals surface area contributed by atoms with Crippen molar-refractivity contribution in [2.75, 3.05) is 6.61 Å². The summed E-state index contributed by atoms with van der Waals surface area (Å²) in [6, 6.07) is 19.6. The number of hydrogen-bond acceptors (Lipinski definition) is 4. The third-order valence-electron chi connectivity index (χ3n) is 3.74. The number of carboxylic acid groups (broad SMARTS) is 1. The largest absolute Gasteiger partial charge is 0.482 e. The minimum Gasteiger partial charge on any atom is -0.482 e. The number of benzene rings is 2. The summed E-state index contributed by atoms with van der Waals surface area (Å²) in [6.07, 6.45) is 0. The fourth-order valence-corrected chi connectivity index (χ4v) is 2.57. The van der Waals surface area contributed by atoms with Gasteiger partial charge in [-0.3, -0.25) is 4.79 Å². The maximum Gasteiger partial charge on any atom is 0.341 e. The Morgan fingerprint density at radius 3 is 2.50 bits per heavy atom. The Bertz CT molecular complexity index is 1050. The number of ether oxygens (including phenoxy) is 1. The molecule has 3 rings (SSSR count). The van der Waals surface area contributed by atoms with Crippen molar-refractivity contribution in [1.29, 1.82) is 5.26 Å². The minimum absolute atomic E-state index is 0.0138. The average Bonchev–Trinajstić information content (AvgIpc) is 2.66. The Morgan fingerprint density at radius 2 is 1.81 bits per heavy atom. The molecule has 0 unspecified atom stereocenters. The molecule has 0 aliphatic heterocycles. The van der Waals surface area contributed by atoms with E-state index in [2.05, 4.69) is 4.98 Å². The lowest BCUT2D eigenvalue weighted by molar-refractivity contribution is -0.139. The highest BCUT2D eigenvalue weighted by Gasteiger charge is 2.13. The second kappa shape index (κ2) is 7.36. The van der Waals surface area contributed by atoms with Gasteiger partial charge < -0.3 is 14.8 Å². The third-order valence-corrected chi connectivity index (χ3v) is 3.74. The van der Waals surface area contributed by atoms with E-state index in [4.69, 9.17) is 9.84 Å². The second-order valence-corrected chi connectivity index (χ2v) is 5.49. The zero-order valence-corrected chi connectivity index (χ0v) is 13.6. The molecular formula is C20H14N2O4. The van der Waals surface area contributed by atoms with Crippen LogP contribution in [0.4, 0.5) is 0 Å². The highest BCUT2D eigenvalue weighted by atomic mass is 16.5. The summed E-state index contributed by atoms with van der Waals surface area (Å²) in [4.78, 5) is 25.7. The number of rotatable bonds is 5. The first-order chi connectivity index (χ1) is 12.6. The molecule has 1 heterocycles. The number of hydrogen-bond donors (Lipinski definition) is 2. The number of nitrogens with one attached hydrogen (secondary N) is 1. The Kier molecular flexibility index (Phi) is 4.81. The summed E-state index contributed by atoms with van der Waals surface area (Å²) in [5, 5.41) is 18.1. The van der Waals surface area contributed by atoms with Crippen LogP contribution < -0.4 is 10.3 Å². The van der Waals surface area contributed by atoms with E-state index in [-0.39, 0.29) is 5.56 Å². The first-order valence-electron chi connectivity index (χ1n) is 7.76. The molecule has 0 saturated carbocycles. The van der Waals surface area contributed by atoms with Crippen molar-refractivity contribution in [1.82, 2.24) is 4.98 Å². The van der Waals surface area contributed by atoms with E-state index in [1.54, 1.807) is 30.3 Å². The molecule has 0 bridgehead atoms. The van der Waals surface area contributed by atoms with Gasteiger partial charge in [-0.05, 0) is 29.3 Å². The van der Waals surface area contributed by atoms with Crippen LogP contribution in [0.25, 0.3) is 22.4 Å². The van der Waals surface area contributed by atoms with Gasteiger partial charge in [0.2, 0.25) is 0 Å². The molecule has 0 saturated heterocycles. The predicted octanol–water partition coefficient (Wildman–Crippen LogP) is 3.04. The standard InChI is InChI=1S/C20H14N2O4/c21-11-17-16(14-7-4-8-15(9-14)26-12-19(23)24)10-18(22-20(17)25)13-5-2-1-3-6-13/h1-10H,12H2,(H,22,25)(H,23,24). The minimum atomic E-state index is -1.09. The van der Waals surface area contributed by atoms with E-state index in [1.165, 1.54) is 0 Å². The van der Waals surface area contributed by atoms with Gasteiger partial charge in [-0.25, -0.2) is 4.79 Å². The molecule has 0 amide bonds. The van der Waals surface area contributed by atoms with Gasteiger partial charge in [-0.15, -0.1) is 0 Å². The summed E-state index contributed by atoms with van der Waals surface area (Å²) < 4.78 is 5.18. The SMILES string of the molecule is N#Cc1c(-c2cccc(OCC(=O)O)c2)cc(-c2ccccc2)[nH]c1=O. The fourth-order valence-electron chi connectivity index (χ4n) is 2.57. The van der Waals surface area contributed by atoms with Crippen LogP contribution >= 0.6 is 0 Å². The van der Waals surface area contributed by atoms with Gasteiger partial charge in [0.05, 0.1) is 0 Å². The molecule has 0 aliphatic carbocycles. The zero-order chi connectivity index (χ0) is 18.5. The van der Waals surface area contributed by atoms with Crippen molar-refractivity contribution in [3.63, 3.8) is 0 Å². The molecule has 26 heavy (non-hydrogen) atoms. The molecule has 0 aliphatic rings. The Hall–Kier alpha value is -3.85. The summed E-state index contributed by atoms with van der Waals surface area (Å²) in [5.74, 6) is -0.744. The molecule has 128 valence electrons. The van der Waals surface area contributed by atoms with Crippen molar-refractivity contribution in [3.8, 4) is 34.2 Å². The first-order valence-corrected chi connectivity index (χ1v) is 7.76. The van der Waals surface area contributed by atoms with Crippen molar-refractivity contribution in [2.45, 2.75) is 0 Å². The Balaban J connectivity index is 2.11. The van der Waals surface area contributed by atoms with Gasteiger partial charge in [0, 0.05) is 11.3 Å². The first kappa shape index (κ1) is 17.0. The number of nitriles is 1. The maximum absolute atomic E-state index is 12.4. The monoisotopic (exact) mass is 346 g/mol. The highest BCUT2D eigenvalue weighted by Crippen LogP contribution is 2.28. The fraction of sp³-hybridized carbons (Fsp3) is 0.0500. The summed E-state index contributed by atoms with van der Waals surface area (Å²) in [6.45, 7) is -0.473. The van der Waals surface area contributed by atoms with E-state index in [9.17, 15) is 14.9 Å². The smallest absolute Gasteiger partial charge is 0.341 e. The number of aliphatic carboxylic acids is 1. The third kappa shape index (κ3) is 3.62. The van der Waals surface area contributed by atoms with Crippen molar-refractivity contribution in [2.24, 2.45) is 0 Å². The summed E-state index contributed by atoms with van der Waals surface area (Å²) in [5.41, 5.74) is 1.94. The van der Waals surface area contributed by atoms with Crippen LogP contribution in [0.15, 0.2) is 65.5 Å². The van der Waals surface area contributed by atoms with Crippen LogP contribution in [0.1, 0.15) is 5.56 Å². The average molecular weight is 346 g/mol. The van der Waals surface area contributed by atoms with Gasteiger partial charge in [-0.2, -0.15) is 5.26 Å². The van der Waals surface area contributed by atoms with E-state index in [0.717, 1.165) is 5.56 Å². The van der Waals surface area contributed by atoms with Gasteiger partial charge in [-0.1, -0.05) is 42.5 Å². The van der Waals surface area contributed by atoms with Crippen LogP contribution in [-0.4, -0.2) is 22.7 Å². The molecule has 2 aromatic carbocycles. The topological polar surface area (TPSA) is 103 Å². The molecule has 1 aromatic heterocycles. The second-order valence-electron chi connectivity index (χ2n) is 5.49. The van der Waals surface area contributed by atoms with Crippen LogP contribution in [0.5, 0.6) is 5.75 Å². The lowest BCUT2D eigenvalue weighted by Crippen LogP contribution is -2.13. The molecule has 6 heteroatoms. The van der Waals surface area contributed by atoms with Crippen LogP contribution in [-0.2, 0) is 4.79 Å². The highest BCUT2D eigenvalue weighted by molar-refractivity contribution is 5.76. The summed E-state index contributed by atoms with van der Waals surface area (Å²) in [7, 11) is 0. The molecule has 0 radical (unpaired) electrons. The van der Waals surface area contributed by atoms with E-state index in [1.807, 2.05) is 36.4 Å². The zero-order valence-electron chi connectivity index (χ0n) is 13.6. The van der Waals surface area contributed by atoms with E-state index in [0.29, 0.717) is 22.6 Å². The molecule has 2 N–H and O–H groups in total. The van der Waals surface area contributed by atoms with Gasteiger partial charge in [0.25, 0.3) is 5.56 Å². The van der Waals surface area contributed by atoms with Crippen LogP contribution in [0.3, 0.4) is 0 Å². The van der Waals surface area contributed by atoms with Gasteiger partial charge in [0.15, 0.2) is 6.61 Å². The maximum atomic E-state index is 12.4. The number of aromatic nitrogens is 1. The van der Waals surface area contributed by atoms with Gasteiger partial charge >= 0.3 is 5.97 Å². The number of nitrogens with zero attached hydrogens (tertiary/aromatic N) is 1. The number of carboxylic acids is 1. The number of aromatic amines is 1. The van der Waals surface area contributed by atoms with Crippen LogP contribution in [0.2, 0.25) is 0 Å². The normalized spacial score (nSPS) is 10.1. The van der Waals surface area contributed by atoms with Gasteiger partial charge in [0.1, 0.15) is 17.4 Å². The Labute approximate surface area is 148 Å². The molecule has 0 atom stereocenters. The number of pyridine rings is 1. The van der Waals surface area contributed by atoms with Crippen molar-refractivity contribution in [3.05, 3.63) is 76.6 Å². The van der Waals surface area contributed by atoms with E-state index >= 15 is 0 Å². The number of H-pyrrole nitrogens is 1. The summed E-state index contributed by atoms with van der Waals surface area (Å²) >= 11 is 0. The molecule has 0 spiro atoms. The molecular weight excluding hydrogens is 332 g/mol. The lowest BCUT2D eigenvalue weighted by Gasteiger charge is -2.10. The quantitative estimate of drug-likeness (QED) is 0.739.